The first-order valence-electron chi connectivity index (χ1n) is 4.81. The fourth-order valence-corrected chi connectivity index (χ4v) is 1.32. The molecule has 1 aromatic rings. The van der Waals surface area contributed by atoms with E-state index < -0.39 is 4.92 Å². The molecule has 1 rings (SSSR count). The Kier molecular flexibility index (Phi) is 4.68. The Bertz CT molecular complexity index is 408. The maximum atomic E-state index is 10.8. The quantitative estimate of drug-likeness (QED) is 0.455. The van der Waals surface area contributed by atoms with Crippen molar-refractivity contribution < 1.29 is 19.1 Å². The molecule has 0 aliphatic heterocycles. The zero-order valence-electron chi connectivity index (χ0n) is 9.63. The molecule has 94 valence electrons. The van der Waals surface area contributed by atoms with Gasteiger partial charge in [0.15, 0.2) is 18.3 Å². The summed E-state index contributed by atoms with van der Waals surface area (Å²) in [5.41, 5.74) is 5.72. The lowest BCUT2D eigenvalue weighted by atomic mass is 10.1. The van der Waals surface area contributed by atoms with Crippen LogP contribution >= 0.6 is 0 Å². The highest BCUT2D eigenvalue weighted by Crippen LogP contribution is 2.34. The molecule has 17 heavy (non-hydrogen) atoms. The summed E-state index contributed by atoms with van der Waals surface area (Å²) in [5.74, 6) is 0.631. The number of nitro benzene ring substituents is 1. The third-order valence-electron chi connectivity index (χ3n) is 2.11. The fraction of sp³-hybridized carbons (Fsp3) is 0.400. The number of benzene rings is 1. The normalized spacial score (nSPS) is 10.1. The molecular formula is C10H14N2O5. The molecule has 0 spiro atoms. The van der Waals surface area contributed by atoms with Crippen molar-refractivity contribution in [2.24, 2.45) is 5.73 Å². The van der Waals surface area contributed by atoms with E-state index >= 15 is 0 Å². The van der Waals surface area contributed by atoms with E-state index in [1.54, 1.807) is 0 Å². The molecule has 2 N–H and O–H groups in total. The largest absolute Gasteiger partial charge is 0.493 e. The lowest BCUT2D eigenvalue weighted by Crippen LogP contribution is -2.06. The highest BCUT2D eigenvalue weighted by Gasteiger charge is 2.18. The predicted molar refractivity (Wildman–Crippen MR) is 60.0 cm³/mol. The fourth-order valence-electron chi connectivity index (χ4n) is 1.32. The number of hydrogen-bond acceptors (Lipinski definition) is 6. The van der Waals surface area contributed by atoms with Gasteiger partial charge in [-0.1, -0.05) is 0 Å². The molecule has 0 fully saturated rings. The van der Waals surface area contributed by atoms with Crippen LogP contribution in [-0.2, 0) is 11.3 Å². The van der Waals surface area contributed by atoms with Gasteiger partial charge in [0.1, 0.15) is 0 Å². The Morgan fingerprint density at radius 1 is 1.35 bits per heavy atom. The Labute approximate surface area is 98.2 Å². The molecule has 1 aromatic carbocycles. The second-order valence-electron chi connectivity index (χ2n) is 3.14. The smallest absolute Gasteiger partial charge is 0.277 e. The summed E-state index contributed by atoms with van der Waals surface area (Å²) in [6, 6.07) is 2.77. The monoisotopic (exact) mass is 242 g/mol. The Balaban J connectivity index is 3.18. The minimum Gasteiger partial charge on any atom is -0.493 e. The standard InChI is InChI=1S/C10H14N2O5/c1-15-6-17-10-4-8(12(13)14)7(5-11)3-9(10)16-2/h3-4H,5-6,11H2,1-2H3. The molecule has 0 saturated heterocycles. The van der Waals surface area contributed by atoms with Crippen LogP contribution in [0.1, 0.15) is 5.56 Å². The summed E-state index contributed by atoms with van der Waals surface area (Å²) in [6.07, 6.45) is 0. The van der Waals surface area contributed by atoms with E-state index in [1.165, 1.54) is 26.4 Å². The van der Waals surface area contributed by atoms with Crippen LogP contribution in [0.2, 0.25) is 0 Å². The van der Waals surface area contributed by atoms with Gasteiger partial charge in [0.2, 0.25) is 0 Å². The average Bonchev–Trinajstić information content (AvgIpc) is 2.34. The zero-order valence-corrected chi connectivity index (χ0v) is 9.63. The van der Waals surface area contributed by atoms with Gasteiger partial charge in [-0.05, 0) is 6.07 Å². The molecular weight excluding hydrogens is 228 g/mol. The van der Waals surface area contributed by atoms with Crippen LogP contribution in [0.15, 0.2) is 12.1 Å². The van der Waals surface area contributed by atoms with Crippen molar-refractivity contribution in [3.63, 3.8) is 0 Å². The number of ether oxygens (including phenoxy) is 3. The molecule has 0 aromatic heterocycles. The third-order valence-corrected chi connectivity index (χ3v) is 2.11. The summed E-state index contributed by atoms with van der Waals surface area (Å²) < 4.78 is 15.0. The highest BCUT2D eigenvalue weighted by atomic mass is 16.7. The van der Waals surface area contributed by atoms with Gasteiger partial charge in [-0.2, -0.15) is 0 Å². The summed E-state index contributed by atoms with van der Waals surface area (Å²) in [5, 5.41) is 10.8. The van der Waals surface area contributed by atoms with Gasteiger partial charge in [-0.15, -0.1) is 0 Å². The van der Waals surface area contributed by atoms with Gasteiger partial charge in [-0.25, -0.2) is 0 Å². The first-order chi connectivity index (χ1) is 8.13. The summed E-state index contributed by atoms with van der Waals surface area (Å²) in [6.45, 7) is 0.0344. The van der Waals surface area contributed by atoms with E-state index in [-0.39, 0.29) is 24.8 Å². The van der Waals surface area contributed by atoms with Gasteiger partial charge in [0.25, 0.3) is 5.69 Å². The van der Waals surface area contributed by atoms with E-state index in [1.807, 2.05) is 0 Å². The Morgan fingerprint density at radius 3 is 2.53 bits per heavy atom. The van der Waals surface area contributed by atoms with Gasteiger partial charge in [-0.3, -0.25) is 10.1 Å². The first kappa shape index (κ1) is 13.2. The van der Waals surface area contributed by atoms with Crippen LogP contribution in [0, 0.1) is 10.1 Å². The summed E-state index contributed by atoms with van der Waals surface area (Å²) >= 11 is 0. The molecule has 0 radical (unpaired) electrons. The van der Waals surface area contributed by atoms with Crippen LogP contribution in [-0.4, -0.2) is 25.9 Å². The average molecular weight is 242 g/mol. The van der Waals surface area contributed by atoms with Crippen LogP contribution in [0.25, 0.3) is 0 Å². The van der Waals surface area contributed by atoms with E-state index in [9.17, 15) is 10.1 Å². The second-order valence-corrected chi connectivity index (χ2v) is 3.14. The van der Waals surface area contributed by atoms with Gasteiger partial charge in [0.05, 0.1) is 18.1 Å². The minimum atomic E-state index is -0.513. The van der Waals surface area contributed by atoms with E-state index in [0.717, 1.165) is 0 Å². The number of hydrogen-bond donors (Lipinski definition) is 1. The van der Waals surface area contributed by atoms with Crippen LogP contribution in [0.5, 0.6) is 11.5 Å². The van der Waals surface area contributed by atoms with E-state index in [0.29, 0.717) is 11.3 Å². The van der Waals surface area contributed by atoms with Crippen molar-refractivity contribution >= 4 is 5.69 Å². The van der Waals surface area contributed by atoms with Gasteiger partial charge < -0.3 is 19.9 Å². The SMILES string of the molecule is COCOc1cc([N+](=O)[O-])c(CN)cc1OC. The van der Waals surface area contributed by atoms with Crippen LogP contribution < -0.4 is 15.2 Å². The van der Waals surface area contributed by atoms with Crippen LogP contribution in [0.4, 0.5) is 5.69 Å². The van der Waals surface area contributed by atoms with Crippen molar-refractivity contribution in [1.29, 1.82) is 0 Å². The second kappa shape index (κ2) is 6.02. The van der Waals surface area contributed by atoms with Crippen molar-refractivity contribution in [3.05, 3.63) is 27.8 Å². The molecule has 7 nitrogen and oxygen atoms in total. The lowest BCUT2D eigenvalue weighted by molar-refractivity contribution is -0.385. The molecule has 0 heterocycles. The molecule has 0 aliphatic carbocycles. The molecule has 0 bridgehead atoms. The van der Waals surface area contributed by atoms with Crippen LogP contribution in [0.3, 0.4) is 0 Å². The molecule has 0 aliphatic rings. The van der Waals surface area contributed by atoms with Crippen molar-refractivity contribution in [2.45, 2.75) is 6.54 Å². The van der Waals surface area contributed by atoms with Crippen molar-refractivity contribution in [3.8, 4) is 11.5 Å². The third kappa shape index (κ3) is 3.05. The van der Waals surface area contributed by atoms with Crippen molar-refractivity contribution in [1.82, 2.24) is 0 Å². The van der Waals surface area contributed by atoms with E-state index in [2.05, 4.69) is 0 Å². The number of methoxy groups -OCH3 is 2. The summed E-state index contributed by atoms with van der Waals surface area (Å²) in [7, 11) is 2.90. The maximum absolute atomic E-state index is 10.8. The number of rotatable bonds is 6. The minimum absolute atomic E-state index is 0.0184. The van der Waals surface area contributed by atoms with Gasteiger partial charge >= 0.3 is 0 Å². The molecule has 0 saturated carbocycles. The molecule has 0 unspecified atom stereocenters. The lowest BCUT2D eigenvalue weighted by Gasteiger charge is -2.11. The Hall–Kier alpha value is -1.86. The topological polar surface area (TPSA) is 96.8 Å². The van der Waals surface area contributed by atoms with Crippen molar-refractivity contribution in [2.75, 3.05) is 21.0 Å². The molecule has 7 heteroatoms. The number of nitrogens with two attached hydrogens (primary N) is 1. The molecule has 0 atom stereocenters. The predicted octanol–water partition coefficient (Wildman–Crippen LogP) is 1.04. The number of nitrogens with zero attached hydrogens (tertiary/aromatic N) is 1. The zero-order chi connectivity index (χ0) is 12.8. The van der Waals surface area contributed by atoms with E-state index in [4.69, 9.17) is 19.9 Å². The van der Waals surface area contributed by atoms with Gasteiger partial charge in [0, 0.05) is 19.2 Å². The highest BCUT2D eigenvalue weighted by molar-refractivity contribution is 5.54. The Morgan fingerprint density at radius 2 is 2.06 bits per heavy atom. The number of nitro groups is 1. The molecule has 0 amide bonds. The maximum Gasteiger partial charge on any atom is 0.277 e. The summed E-state index contributed by atoms with van der Waals surface area (Å²) in [4.78, 5) is 10.3. The first-order valence-corrected chi connectivity index (χ1v) is 4.81.